The second-order valence-electron chi connectivity index (χ2n) is 5.78. The van der Waals surface area contributed by atoms with Gasteiger partial charge in [-0.25, -0.2) is 14.8 Å². The summed E-state index contributed by atoms with van der Waals surface area (Å²) in [6, 6.07) is 9.47. The Balaban J connectivity index is 2.04. The Morgan fingerprint density at radius 3 is 2.69 bits per heavy atom. The van der Waals surface area contributed by atoms with E-state index in [1.54, 1.807) is 12.3 Å². The average molecular weight is 372 g/mol. The van der Waals surface area contributed by atoms with Crippen LogP contribution in [0.3, 0.4) is 0 Å². The Bertz CT molecular complexity index is 939. The minimum atomic E-state index is -0.622. The third-order valence-electron chi connectivity index (χ3n) is 4.01. The van der Waals surface area contributed by atoms with Gasteiger partial charge in [0.1, 0.15) is 16.6 Å². The Morgan fingerprint density at radius 1 is 1.23 bits per heavy atom. The molecule has 0 amide bonds. The minimum absolute atomic E-state index is 0.0133. The molecule has 2 heterocycles. The van der Waals surface area contributed by atoms with Crippen LogP contribution >= 0.6 is 11.6 Å². The SMILES string of the molecule is COC(=O)c1nc(-c2ccc(C)c(C)c2)nc(NCc2ccco2)c1Cl. The highest BCUT2D eigenvalue weighted by atomic mass is 35.5. The molecule has 1 aromatic carbocycles. The lowest BCUT2D eigenvalue weighted by Gasteiger charge is -2.12. The van der Waals surface area contributed by atoms with Crippen molar-refractivity contribution in [2.24, 2.45) is 0 Å². The molecule has 0 saturated heterocycles. The topological polar surface area (TPSA) is 77.2 Å². The third kappa shape index (κ3) is 3.70. The Kier molecular flexibility index (Phi) is 5.23. The number of aromatic nitrogens is 2. The first-order chi connectivity index (χ1) is 12.5. The summed E-state index contributed by atoms with van der Waals surface area (Å²) in [6.07, 6.45) is 1.58. The zero-order valence-corrected chi connectivity index (χ0v) is 15.4. The fraction of sp³-hybridized carbons (Fsp3) is 0.211. The van der Waals surface area contributed by atoms with Crippen LogP contribution in [-0.2, 0) is 11.3 Å². The maximum atomic E-state index is 12.1. The summed E-state index contributed by atoms with van der Waals surface area (Å²) in [7, 11) is 1.28. The number of nitrogens with one attached hydrogen (secondary N) is 1. The lowest BCUT2D eigenvalue weighted by atomic mass is 10.1. The van der Waals surface area contributed by atoms with E-state index in [1.807, 2.05) is 38.1 Å². The number of carbonyl (C=O) groups is 1. The molecule has 1 N–H and O–H groups in total. The summed E-state index contributed by atoms with van der Waals surface area (Å²) >= 11 is 6.32. The molecule has 0 aliphatic carbocycles. The fourth-order valence-corrected chi connectivity index (χ4v) is 2.62. The molecule has 0 aliphatic heterocycles. The van der Waals surface area contributed by atoms with Crippen molar-refractivity contribution in [1.82, 2.24) is 9.97 Å². The minimum Gasteiger partial charge on any atom is -0.467 e. The van der Waals surface area contributed by atoms with Crippen molar-refractivity contribution < 1.29 is 13.9 Å². The molecule has 0 atom stereocenters. The highest BCUT2D eigenvalue weighted by molar-refractivity contribution is 6.35. The summed E-state index contributed by atoms with van der Waals surface area (Å²) in [4.78, 5) is 20.9. The smallest absolute Gasteiger partial charge is 0.358 e. The van der Waals surface area contributed by atoms with Crippen LogP contribution in [0, 0.1) is 13.8 Å². The molecular formula is C19H18ClN3O3. The van der Waals surface area contributed by atoms with Crippen molar-refractivity contribution in [2.75, 3.05) is 12.4 Å². The number of rotatable bonds is 5. The summed E-state index contributed by atoms with van der Waals surface area (Å²) in [5, 5.41) is 3.19. The summed E-state index contributed by atoms with van der Waals surface area (Å²) in [5.74, 6) is 0.821. The summed E-state index contributed by atoms with van der Waals surface area (Å²) in [6.45, 7) is 4.40. The van der Waals surface area contributed by atoms with Gasteiger partial charge in [-0.1, -0.05) is 23.7 Å². The molecule has 2 aromatic heterocycles. The van der Waals surface area contributed by atoms with E-state index in [0.29, 0.717) is 23.9 Å². The molecule has 0 spiro atoms. The van der Waals surface area contributed by atoms with E-state index >= 15 is 0 Å². The zero-order chi connectivity index (χ0) is 18.7. The van der Waals surface area contributed by atoms with Crippen LogP contribution in [0.15, 0.2) is 41.0 Å². The first kappa shape index (κ1) is 17.9. The van der Waals surface area contributed by atoms with Gasteiger partial charge in [0.15, 0.2) is 11.5 Å². The van der Waals surface area contributed by atoms with Gasteiger partial charge in [-0.3, -0.25) is 0 Å². The second-order valence-corrected chi connectivity index (χ2v) is 6.16. The van der Waals surface area contributed by atoms with Gasteiger partial charge in [0.25, 0.3) is 0 Å². The van der Waals surface area contributed by atoms with E-state index in [9.17, 15) is 4.79 Å². The van der Waals surface area contributed by atoms with Gasteiger partial charge >= 0.3 is 5.97 Å². The van der Waals surface area contributed by atoms with Crippen molar-refractivity contribution in [1.29, 1.82) is 0 Å². The quantitative estimate of drug-likeness (QED) is 0.669. The van der Waals surface area contributed by atoms with E-state index in [2.05, 4.69) is 15.3 Å². The second kappa shape index (κ2) is 7.58. The molecule has 134 valence electrons. The van der Waals surface area contributed by atoms with Crippen molar-refractivity contribution in [3.05, 3.63) is 64.2 Å². The molecular weight excluding hydrogens is 354 g/mol. The lowest BCUT2D eigenvalue weighted by molar-refractivity contribution is 0.0594. The predicted molar refractivity (Wildman–Crippen MR) is 99.3 cm³/mol. The van der Waals surface area contributed by atoms with Crippen molar-refractivity contribution in [3.8, 4) is 11.4 Å². The van der Waals surface area contributed by atoms with E-state index in [0.717, 1.165) is 16.7 Å². The third-order valence-corrected chi connectivity index (χ3v) is 4.36. The van der Waals surface area contributed by atoms with Crippen LogP contribution in [-0.4, -0.2) is 23.0 Å². The van der Waals surface area contributed by atoms with Gasteiger partial charge in [-0.05, 0) is 43.2 Å². The number of halogens is 1. The number of nitrogens with zero attached hydrogens (tertiary/aromatic N) is 2. The number of furan rings is 1. The monoisotopic (exact) mass is 371 g/mol. The number of methoxy groups -OCH3 is 1. The van der Waals surface area contributed by atoms with E-state index in [4.69, 9.17) is 20.8 Å². The molecule has 3 aromatic rings. The molecule has 3 rings (SSSR count). The van der Waals surface area contributed by atoms with E-state index in [-0.39, 0.29) is 10.7 Å². The maximum absolute atomic E-state index is 12.1. The van der Waals surface area contributed by atoms with Crippen LogP contribution < -0.4 is 5.32 Å². The largest absolute Gasteiger partial charge is 0.467 e. The first-order valence-corrected chi connectivity index (χ1v) is 8.37. The van der Waals surface area contributed by atoms with Crippen molar-refractivity contribution in [2.45, 2.75) is 20.4 Å². The zero-order valence-electron chi connectivity index (χ0n) is 14.7. The standard InChI is InChI=1S/C19H18ClN3O3/c1-11-6-7-13(9-12(11)2)17-22-16(19(24)25-3)15(20)18(23-17)21-10-14-5-4-8-26-14/h4-9H,10H2,1-3H3,(H,21,22,23). The van der Waals surface area contributed by atoms with E-state index < -0.39 is 5.97 Å². The predicted octanol–water partition coefficient (Wildman–Crippen LogP) is 4.41. The van der Waals surface area contributed by atoms with Gasteiger partial charge in [-0.2, -0.15) is 0 Å². The molecule has 0 bridgehead atoms. The molecule has 7 heteroatoms. The Labute approximate surface area is 156 Å². The highest BCUT2D eigenvalue weighted by Gasteiger charge is 2.20. The maximum Gasteiger partial charge on any atom is 0.358 e. The summed E-state index contributed by atoms with van der Waals surface area (Å²) < 4.78 is 10.1. The molecule has 0 radical (unpaired) electrons. The van der Waals surface area contributed by atoms with Gasteiger partial charge < -0.3 is 14.5 Å². The number of hydrogen-bond donors (Lipinski definition) is 1. The molecule has 0 saturated carbocycles. The van der Waals surface area contributed by atoms with Crippen LogP contribution in [0.5, 0.6) is 0 Å². The van der Waals surface area contributed by atoms with Crippen LogP contribution in [0.25, 0.3) is 11.4 Å². The van der Waals surface area contributed by atoms with Gasteiger partial charge in [-0.15, -0.1) is 0 Å². The number of esters is 1. The molecule has 0 fully saturated rings. The van der Waals surface area contributed by atoms with Crippen LogP contribution in [0.1, 0.15) is 27.4 Å². The van der Waals surface area contributed by atoms with Gasteiger partial charge in [0.05, 0.1) is 19.9 Å². The number of ether oxygens (including phenoxy) is 1. The summed E-state index contributed by atoms with van der Waals surface area (Å²) in [5.41, 5.74) is 3.06. The normalized spacial score (nSPS) is 10.6. The van der Waals surface area contributed by atoms with Crippen molar-refractivity contribution in [3.63, 3.8) is 0 Å². The number of aryl methyl sites for hydroxylation is 2. The van der Waals surface area contributed by atoms with Gasteiger partial charge in [0, 0.05) is 5.56 Å². The fourth-order valence-electron chi connectivity index (χ4n) is 2.39. The lowest BCUT2D eigenvalue weighted by Crippen LogP contribution is -2.11. The van der Waals surface area contributed by atoms with E-state index in [1.165, 1.54) is 7.11 Å². The molecule has 0 unspecified atom stereocenters. The first-order valence-electron chi connectivity index (χ1n) is 7.99. The number of benzene rings is 1. The van der Waals surface area contributed by atoms with Crippen molar-refractivity contribution >= 4 is 23.4 Å². The molecule has 6 nitrogen and oxygen atoms in total. The average Bonchev–Trinajstić information content (AvgIpc) is 3.16. The number of hydrogen-bond acceptors (Lipinski definition) is 6. The number of anilines is 1. The molecule has 0 aliphatic rings. The Hall–Kier alpha value is -2.86. The van der Waals surface area contributed by atoms with Gasteiger partial charge in [0.2, 0.25) is 0 Å². The van der Waals surface area contributed by atoms with Crippen LogP contribution in [0.4, 0.5) is 5.82 Å². The highest BCUT2D eigenvalue weighted by Crippen LogP contribution is 2.28. The molecule has 26 heavy (non-hydrogen) atoms. The Morgan fingerprint density at radius 2 is 2.04 bits per heavy atom. The number of carbonyl (C=O) groups excluding carboxylic acids is 1. The van der Waals surface area contributed by atoms with Crippen LogP contribution in [0.2, 0.25) is 5.02 Å².